The van der Waals surface area contributed by atoms with Crippen molar-refractivity contribution in [2.75, 3.05) is 13.7 Å². The molecule has 0 aliphatic rings. The van der Waals surface area contributed by atoms with Crippen molar-refractivity contribution in [1.82, 2.24) is 0 Å². The van der Waals surface area contributed by atoms with E-state index in [9.17, 15) is 4.79 Å². The van der Waals surface area contributed by atoms with Crippen molar-refractivity contribution in [3.63, 3.8) is 0 Å². The smallest absolute Gasteiger partial charge is 0.331 e. The summed E-state index contributed by atoms with van der Waals surface area (Å²) in [5.41, 5.74) is 0.347. The normalized spacial score (nSPS) is 11.2. The van der Waals surface area contributed by atoms with E-state index in [0.29, 0.717) is 17.7 Å². The van der Waals surface area contributed by atoms with Crippen LogP contribution in [-0.2, 0) is 4.79 Å². The molecule has 0 fully saturated rings. The molecule has 0 saturated carbocycles. The van der Waals surface area contributed by atoms with Crippen molar-refractivity contribution in [1.29, 1.82) is 0 Å². The van der Waals surface area contributed by atoms with Gasteiger partial charge >= 0.3 is 5.97 Å². The van der Waals surface area contributed by atoms with Gasteiger partial charge in [0.2, 0.25) is 0 Å². The molecule has 0 saturated heterocycles. The largest absolute Gasteiger partial charge is 0.497 e. The minimum atomic E-state index is -0.908. The highest BCUT2D eigenvalue weighted by atomic mass is 79.9. The third-order valence-corrected chi connectivity index (χ3v) is 2.98. The molecule has 1 aromatic carbocycles. The predicted octanol–water partition coefficient (Wildman–Crippen LogP) is 3.26. The standard InChI is InChI=1S/C13H15BrO4/c1-3-9(13(15)16)6-7-18-12-5-4-10(17-2)8-11(12)14/h4-6,8H,3,7H2,1-2H3,(H,15,16)/b9-6-. The molecule has 0 spiro atoms. The van der Waals surface area contributed by atoms with Crippen LogP contribution in [0.2, 0.25) is 0 Å². The van der Waals surface area contributed by atoms with E-state index in [1.165, 1.54) is 0 Å². The zero-order valence-electron chi connectivity index (χ0n) is 10.3. The van der Waals surface area contributed by atoms with Gasteiger partial charge < -0.3 is 14.6 Å². The minimum Gasteiger partial charge on any atom is -0.497 e. The molecule has 18 heavy (non-hydrogen) atoms. The maximum absolute atomic E-state index is 10.8. The molecule has 1 rings (SSSR count). The van der Waals surface area contributed by atoms with Gasteiger partial charge in [-0.2, -0.15) is 0 Å². The molecular formula is C13H15BrO4. The first-order valence-electron chi connectivity index (χ1n) is 5.47. The van der Waals surface area contributed by atoms with E-state index >= 15 is 0 Å². The first kappa shape index (κ1) is 14.6. The lowest BCUT2D eigenvalue weighted by Gasteiger charge is -2.08. The maximum atomic E-state index is 10.8. The summed E-state index contributed by atoms with van der Waals surface area (Å²) < 4.78 is 11.3. The van der Waals surface area contributed by atoms with Crippen molar-refractivity contribution in [3.05, 3.63) is 34.3 Å². The number of hydrogen-bond donors (Lipinski definition) is 1. The highest BCUT2D eigenvalue weighted by Crippen LogP contribution is 2.29. The Bertz CT molecular complexity index is 454. The van der Waals surface area contributed by atoms with Crippen LogP contribution >= 0.6 is 15.9 Å². The SMILES string of the molecule is CC/C(=C/COc1ccc(OC)cc1Br)C(=O)O. The molecule has 0 bridgehead atoms. The monoisotopic (exact) mass is 314 g/mol. The van der Waals surface area contributed by atoms with Crippen molar-refractivity contribution in [2.45, 2.75) is 13.3 Å². The number of methoxy groups -OCH3 is 1. The number of carbonyl (C=O) groups is 1. The van der Waals surface area contributed by atoms with Crippen LogP contribution in [0.15, 0.2) is 34.3 Å². The summed E-state index contributed by atoms with van der Waals surface area (Å²) >= 11 is 3.36. The Hall–Kier alpha value is -1.49. The number of carboxylic acid groups (broad SMARTS) is 1. The number of rotatable bonds is 6. The van der Waals surface area contributed by atoms with Crippen molar-refractivity contribution in [3.8, 4) is 11.5 Å². The fourth-order valence-electron chi connectivity index (χ4n) is 1.34. The first-order valence-corrected chi connectivity index (χ1v) is 6.26. The van der Waals surface area contributed by atoms with Crippen LogP contribution in [0, 0.1) is 0 Å². The molecule has 1 N–H and O–H groups in total. The van der Waals surface area contributed by atoms with Crippen LogP contribution in [0.4, 0.5) is 0 Å². The Balaban J connectivity index is 2.66. The van der Waals surface area contributed by atoms with Crippen molar-refractivity contribution >= 4 is 21.9 Å². The molecule has 0 aliphatic carbocycles. The van der Waals surface area contributed by atoms with Gasteiger partial charge in [-0.15, -0.1) is 0 Å². The average molecular weight is 315 g/mol. The molecule has 0 heterocycles. The average Bonchev–Trinajstić information content (AvgIpc) is 2.35. The molecule has 4 nitrogen and oxygen atoms in total. The Morgan fingerprint density at radius 1 is 1.50 bits per heavy atom. The van der Waals surface area contributed by atoms with Gasteiger partial charge in [-0.25, -0.2) is 4.79 Å². The summed E-state index contributed by atoms with van der Waals surface area (Å²) in [6, 6.07) is 5.34. The molecule has 0 atom stereocenters. The van der Waals surface area contributed by atoms with E-state index in [2.05, 4.69) is 15.9 Å². The maximum Gasteiger partial charge on any atom is 0.331 e. The summed E-state index contributed by atoms with van der Waals surface area (Å²) in [4.78, 5) is 10.8. The third kappa shape index (κ3) is 4.07. The minimum absolute atomic E-state index is 0.223. The highest BCUT2D eigenvalue weighted by Gasteiger charge is 2.05. The summed E-state index contributed by atoms with van der Waals surface area (Å²) in [5.74, 6) is 0.465. The molecule has 0 aliphatic heterocycles. The van der Waals surface area contributed by atoms with Crippen LogP contribution in [0.3, 0.4) is 0 Å². The van der Waals surface area contributed by atoms with E-state index in [1.807, 2.05) is 0 Å². The molecular weight excluding hydrogens is 300 g/mol. The molecule has 98 valence electrons. The number of carboxylic acids is 1. The van der Waals surface area contributed by atoms with Crippen LogP contribution in [0.5, 0.6) is 11.5 Å². The lowest BCUT2D eigenvalue weighted by Crippen LogP contribution is -2.03. The predicted molar refractivity (Wildman–Crippen MR) is 72.2 cm³/mol. The lowest BCUT2D eigenvalue weighted by atomic mass is 10.2. The van der Waals surface area contributed by atoms with E-state index in [4.69, 9.17) is 14.6 Å². The topological polar surface area (TPSA) is 55.8 Å². The Morgan fingerprint density at radius 2 is 2.22 bits per heavy atom. The third-order valence-electron chi connectivity index (χ3n) is 2.36. The number of aliphatic carboxylic acids is 1. The quantitative estimate of drug-likeness (QED) is 0.819. The summed E-state index contributed by atoms with van der Waals surface area (Å²) in [7, 11) is 1.59. The molecule has 0 aromatic heterocycles. The van der Waals surface area contributed by atoms with E-state index in [1.54, 1.807) is 38.3 Å². The van der Waals surface area contributed by atoms with Crippen LogP contribution in [-0.4, -0.2) is 24.8 Å². The van der Waals surface area contributed by atoms with Gasteiger partial charge in [-0.05, 0) is 46.6 Å². The fourth-order valence-corrected chi connectivity index (χ4v) is 1.81. The second kappa shape index (κ2) is 7.06. The van der Waals surface area contributed by atoms with Crippen molar-refractivity contribution in [2.24, 2.45) is 0 Å². The van der Waals surface area contributed by atoms with E-state index < -0.39 is 5.97 Å². The van der Waals surface area contributed by atoms with Gasteiger partial charge in [0.25, 0.3) is 0 Å². The van der Waals surface area contributed by atoms with Gasteiger partial charge in [-0.3, -0.25) is 0 Å². The van der Waals surface area contributed by atoms with Crippen LogP contribution in [0.1, 0.15) is 13.3 Å². The number of benzene rings is 1. The molecule has 0 amide bonds. The number of halogens is 1. The van der Waals surface area contributed by atoms with Crippen LogP contribution < -0.4 is 9.47 Å². The van der Waals surface area contributed by atoms with Gasteiger partial charge in [0.1, 0.15) is 18.1 Å². The molecule has 1 aromatic rings. The van der Waals surface area contributed by atoms with Gasteiger partial charge in [0.15, 0.2) is 0 Å². The second-order valence-electron chi connectivity index (χ2n) is 3.50. The van der Waals surface area contributed by atoms with Gasteiger partial charge in [-0.1, -0.05) is 6.92 Å². The van der Waals surface area contributed by atoms with E-state index in [0.717, 1.165) is 10.2 Å². The summed E-state index contributed by atoms with van der Waals surface area (Å²) in [5, 5.41) is 8.84. The van der Waals surface area contributed by atoms with Crippen LogP contribution in [0.25, 0.3) is 0 Å². The molecule has 0 unspecified atom stereocenters. The highest BCUT2D eigenvalue weighted by molar-refractivity contribution is 9.10. The lowest BCUT2D eigenvalue weighted by molar-refractivity contribution is -0.132. The molecule has 0 radical (unpaired) electrons. The summed E-state index contributed by atoms with van der Waals surface area (Å²) in [6.07, 6.45) is 2.04. The second-order valence-corrected chi connectivity index (χ2v) is 4.35. The zero-order chi connectivity index (χ0) is 13.5. The van der Waals surface area contributed by atoms with Gasteiger partial charge in [0.05, 0.1) is 11.6 Å². The van der Waals surface area contributed by atoms with Gasteiger partial charge in [0, 0.05) is 5.57 Å². The van der Waals surface area contributed by atoms with Crippen molar-refractivity contribution < 1.29 is 19.4 Å². The Kier molecular flexibility index (Phi) is 5.71. The molecule has 5 heteroatoms. The Morgan fingerprint density at radius 3 is 2.72 bits per heavy atom. The summed E-state index contributed by atoms with van der Waals surface area (Å²) in [6.45, 7) is 2.02. The fraction of sp³-hybridized carbons (Fsp3) is 0.308. The first-order chi connectivity index (χ1) is 8.58. The number of ether oxygens (including phenoxy) is 2. The Labute approximate surface area is 114 Å². The number of hydrogen-bond acceptors (Lipinski definition) is 3. The van der Waals surface area contributed by atoms with E-state index in [-0.39, 0.29) is 6.61 Å². The zero-order valence-corrected chi connectivity index (χ0v) is 11.9.